The summed E-state index contributed by atoms with van der Waals surface area (Å²) in [5, 5.41) is 1.27. The van der Waals surface area contributed by atoms with Crippen LogP contribution in [0.2, 0.25) is 0 Å². The van der Waals surface area contributed by atoms with Crippen molar-refractivity contribution in [3.63, 3.8) is 0 Å². The lowest BCUT2D eigenvalue weighted by Crippen LogP contribution is -2.06. The van der Waals surface area contributed by atoms with Gasteiger partial charge in [0.05, 0.1) is 5.44 Å². The summed E-state index contributed by atoms with van der Waals surface area (Å²) < 4.78 is 5.82. The molecule has 3 rings (SSSR count). The summed E-state index contributed by atoms with van der Waals surface area (Å²) in [6.45, 7) is 0. The van der Waals surface area contributed by atoms with Crippen LogP contribution in [0.25, 0.3) is 0 Å². The lowest BCUT2D eigenvalue weighted by atomic mass is 10.3. The zero-order valence-electron chi connectivity index (χ0n) is 10.9. The Morgan fingerprint density at radius 3 is 2.20 bits per heavy atom. The van der Waals surface area contributed by atoms with Crippen LogP contribution in [0.1, 0.15) is 0 Å². The number of hydrogen-bond donors (Lipinski definition) is 0. The molecule has 0 fully saturated rings. The summed E-state index contributed by atoms with van der Waals surface area (Å²) in [5.74, 6) is 1.66. The van der Waals surface area contributed by atoms with Crippen LogP contribution in [0, 0.1) is 0 Å². The highest BCUT2D eigenvalue weighted by Gasteiger charge is 2.01. The molecule has 2 nitrogen and oxygen atoms in total. The van der Waals surface area contributed by atoms with Gasteiger partial charge in [0.15, 0.2) is 0 Å². The molecule has 0 N–H and O–H groups in total. The van der Waals surface area contributed by atoms with E-state index in [4.69, 9.17) is 4.74 Å². The molecule has 1 heterocycles. The summed E-state index contributed by atoms with van der Waals surface area (Å²) in [6.07, 6.45) is 1.80. The van der Waals surface area contributed by atoms with E-state index in [0.717, 1.165) is 16.9 Å². The molecule has 0 aliphatic heterocycles. The van der Waals surface area contributed by atoms with Crippen molar-refractivity contribution in [2.75, 3.05) is 0 Å². The molecule has 0 spiro atoms. The number of hydrogen-bond acceptors (Lipinski definition) is 2. The van der Waals surface area contributed by atoms with Gasteiger partial charge in [-0.1, -0.05) is 48.5 Å². The van der Waals surface area contributed by atoms with E-state index in [-0.39, 0.29) is 0 Å². The average Bonchev–Trinajstić information content (AvgIpc) is 2.50. The minimum Gasteiger partial charge on any atom is -0.457 e. The van der Waals surface area contributed by atoms with E-state index < -0.39 is 0 Å². The molecule has 1 atom stereocenters. The maximum absolute atomic E-state index is 5.82. The fourth-order valence-corrected chi connectivity index (χ4v) is 2.85. The molecule has 0 radical (unpaired) electrons. The Morgan fingerprint density at radius 2 is 1.45 bits per heavy atom. The van der Waals surface area contributed by atoms with Gasteiger partial charge in [-0.05, 0) is 32.1 Å². The summed E-state index contributed by atoms with van der Waals surface area (Å²) in [5.41, 5.74) is 1.03. The largest absolute Gasteiger partial charge is 0.457 e. The topological polar surface area (TPSA) is 22.1 Å². The maximum Gasteiger partial charge on any atom is 0.131 e. The third-order valence-electron chi connectivity index (χ3n) is 2.76. The van der Waals surface area contributed by atoms with Crippen molar-refractivity contribution in [3.05, 3.63) is 79.0 Å². The van der Waals surface area contributed by atoms with Crippen LogP contribution in [-0.2, 0) is 0 Å². The van der Waals surface area contributed by atoms with E-state index in [1.54, 1.807) is 6.20 Å². The number of rotatable bonds is 4. The average molecular weight is 279 g/mol. The van der Waals surface area contributed by atoms with Gasteiger partial charge in [-0.15, -0.1) is 0 Å². The zero-order chi connectivity index (χ0) is 13.6. The molecule has 0 aliphatic carbocycles. The van der Waals surface area contributed by atoms with Gasteiger partial charge in [0.1, 0.15) is 11.5 Å². The normalized spacial score (nSPS) is 10.8. The molecule has 0 amide bonds. The number of pyridine rings is 1. The first-order valence-corrected chi connectivity index (χ1v) is 7.41. The predicted octanol–water partition coefficient (Wildman–Crippen LogP) is 3.50. The van der Waals surface area contributed by atoms with Crippen molar-refractivity contribution in [1.82, 2.24) is 4.98 Å². The number of para-hydroxylation sites is 1. The van der Waals surface area contributed by atoms with E-state index in [9.17, 15) is 0 Å². The van der Waals surface area contributed by atoms with Crippen molar-refractivity contribution in [3.8, 4) is 11.5 Å². The summed E-state index contributed by atoms with van der Waals surface area (Å²) in [4.78, 5) is 4.41. The molecule has 0 saturated carbocycles. The van der Waals surface area contributed by atoms with E-state index >= 15 is 0 Å². The highest BCUT2D eigenvalue weighted by molar-refractivity contribution is 7.55. The molecule has 20 heavy (non-hydrogen) atoms. The maximum atomic E-state index is 5.82. The van der Waals surface area contributed by atoms with Crippen molar-refractivity contribution in [2.24, 2.45) is 0 Å². The van der Waals surface area contributed by atoms with Gasteiger partial charge in [0, 0.05) is 12.3 Å². The van der Waals surface area contributed by atoms with Crippen molar-refractivity contribution >= 4 is 19.3 Å². The van der Waals surface area contributed by atoms with Crippen LogP contribution >= 0.6 is 8.58 Å². The molecule has 0 aliphatic rings. The number of aromatic nitrogens is 1. The van der Waals surface area contributed by atoms with Gasteiger partial charge in [-0.25, -0.2) is 0 Å². The first kappa shape index (κ1) is 12.8. The summed E-state index contributed by atoms with van der Waals surface area (Å²) in [7, 11) is 0.543. The lowest BCUT2D eigenvalue weighted by molar-refractivity contribution is 0.482. The van der Waals surface area contributed by atoms with Crippen LogP contribution in [-0.4, -0.2) is 4.98 Å². The van der Waals surface area contributed by atoms with Crippen LogP contribution in [0.4, 0.5) is 0 Å². The van der Waals surface area contributed by atoms with Crippen LogP contribution in [0.15, 0.2) is 79.0 Å². The second-order valence-electron chi connectivity index (χ2n) is 4.28. The Balaban J connectivity index is 1.76. The summed E-state index contributed by atoms with van der Waals surface area (Å²) in [6, 6.07) is 24.0. The van der Waals surface area contributed by atoms with Crippen molar-refractivity contribution in [2.45, 2.75) is 0 Å². The minimum atomic E-state index is 0.543. The van der Waals surface area contributed by atoms with Gasteiger partial charge in [-0.3, -0.25) is 4.98 Å². The monoisotopic (exact) mass is 279 g/mol. The van der Waals surface area contributed by atoms with Crippen LogP contribution in [0.5, 0.6) is 11.5 Å². The second kappa shape index (κ2) is 6.31. The molecule has 3 heteroatoms. The Kier molecular flexibility index (Phi) is 4.05. The van der Waals surface area contributed by atoms with Crippen LogP contribution in [0.3, 0.4) is 0 Å². The zero-order valence-corrected chi connectivity index (χ0v) is 11.9. The SMILES string of the molecule is c1ccc(Oc2ccnc(Pc3ccccc3)c2)cc1. The fourth-order valence-electron chi connectivity index (χ4n) is 1.84. The first-order valence-electron chi connectivity index (χ1n) is 6.41. The molecule has 98 valence electrons. The van der Waals surface area contributed by atoms with Crippen molar-refractivity contribution < 1.29 is 4.74 Å². The van der Waals surface area contributed by atoms with Crippen molar-refractivity contribution in [1.29, 1.82) is 0 Å². The second-order valence-corrected chi connectivity index (χ2v) is 5.62. The first-order chi connectivity index (χ1) is 9.90. The number of benzene rings is 2. The van der Waals surface area contributed by atoms with E-state index in [1.165, 1.54) is 5.30 Å². The predicted molar refractivity (Wildman–Crippen MR) is 84.8 cm³/mol. The lowest BCUT2D eigenvalue weighted by Gasteiger charge is -2.07. The van der Waals surface area contributed by atoms with E-state index in [2.05, 4.69) is 17.1 Å². The van der Waals surface area contributed by atoms with Crippen LogP contribution < -0.4 is 15.5 Å². The molecule has 1 aromatic heterocycles. The smallest absolute Gasteiger partial charge is 0.131 e. The fraction of sp³-hybridized carbons (Fsp3) is 0. The Hall–Kier alpha value is -2.18. The molecule has 0 saturated heterocycles. The van der Waals surface area contributed by atoms with Gasteiger partial charge < -0.3 is 4.74 Å². The Labute approximate surface area is 120 Å². The highest BCUT2D eigenvalue weighted by Crippen LogP contribution is 2.20. The molecular formula is C17H14NOP. The Morgan fingerprint density at radius 1 is 0.750 bits per heavy atom. The van der Waals surface area contributed by atoms with Gasteiger partial charge in [-0.2, -0.15) is 0 Å². The quantitative estimate of drug-likeness (QED) is 0.682. The number of ether oxygens (including phenoxy) is 1. The molecule has 3 aromatic rings. The third kappa shape index (κ3) is 3.43. The third-order valence-corrected chi connectivity index (χ3v) is 3.91. The molecular weight excluding hydrogens is 265 g/mol. The molecule has 0 bridgehead atoms. The van der Waals surface area contributed by atoms with Gasteiger partial charge >= 0.3 is 0 Å². The Bertz CT molecular complexity index is 614. The van der Waals surface area contributed by atoms with E-state index in [0.29, 0.717) is 8.58 Å². The molecule has 2 aromatic carbocycles. The standard InChI is InChI=1S/C17H14NOP/c1-3-7-14(8-4-1)19-15-11-12-18-17(13-15)20-16-9-5-2-6-10-16/h1-13,20H. The van der Waals surface area contributed by atoms with Gasteiger partial charge in [0.25, 0.3) is 0 Å². The van der Waals surface area contributed by atoms with E-state index in [1.807, 2.05) is 60.7 Å². The van der Waals surface area contributed by atoms with Gasteiger partial charge in [0.2, 0.25) is 0 Å². The number of nitrogens with zero attached hydrogens (tertiary/aromatic N) is 1. The minimum absolute atomic E-state index is 0.543. The summed E-state index contributed by atoms with van der Waals surface area (Å²) >= 11 is 0. The molecule has 1 unspecified atom stereocenters. The highest BCUT2D eigenvalue weighted by atomic mass is 31.1.